The third kappa shape index (κ3) is 2.17. The second kappa shape index (κ2) is 5.09. The highest BCUT2D eigenvalue weighted by molar-refractivity contribution is 6.54. The fourth-order valence-electron chi connectivity index (χ4n) is 1.79. The lowest BCUT2D eigenvalue weighted by Crippen LogP contribution is -2.28. The van der Waals surface area contributed by atoms with E-state index in [4.69, 9.17) is 0 Å². The molecule has 0 radical (unpaired) electrons. The highest BCUT2D eigenvalue weighted by Gasteiger charge is 2.34. The van der Waals surface area contributed by atoms with Gasteiger partial charge in [0.15, 0.2) is 5.71 Å². The van der Waals surface area contributed by atoms with Gasteiger partial charge in [-0.3, -0.25) is 25.3 Å². The predicted octanol–water partition coefficient (Wildman–Crippen LogP) is 1.39. The molecular weight excluding hydrogens is 236 g/mol. The molecule has 1 aliphatic carbocycles. The average Bonchev–Trinajstić information content (AvgIpc) is 2.72. The Balaban J connectivity index is 2.35. The monoisotopic (exact) mass is 250 g/mol. The van der Waals surface area contributed by atoms with Crippen LogP contribution in [-0.2, 0) is 0 Å². The summed E-state index contributed by atoms with van der Waals surface area (Å²) in [6.07, 6.45) is 4.68. The van der Waals surface area contributed by atoms with Crippen LogP contribution in [0.25, 0.3) is 0 Å². The van der Waals surface area contributed by atoms with E-state index in [1.165, 1.54) is 12.2 Å². The van der Waals surface area contributed by atoms with Crippen LogP contribution in [0.15, 0.2) is 33.5 Å². The average molecular weight is 250 g/mol. The standard InChI is InChI=1S/C11H14N4O3/c1-2-3-6-12-11-9(15(17)18)5-4-8-10(11)13-7-14(8)16/h4-5,16H,2-3,6-7H2,1H3. The van der Waals surface area contributed by atoms with Gasteiger partial charge in [-0.1, -0.05) is 13.3 Å². The topological polar surface area (TPSA) is 91.3 Å². The van der Waals surface area contributed by atoms with Gasteiger partial charge in [0.2, 0.25) is 0 Å². The second-order valence-corrected chi connectivity index (χ2v) is 3.99. The number of aliphatic imine (C=N–C) groups is 2. The molecule has 0 aromatic rings. The van der Waals surface area contributed by atoms with E-state index in [0.717, 1.165) is 17.9 Å². The number of hydrogen-bond acceptors (Lipinski definition) is 6. The quantitative estimate of drug-likeness (QED) is 0.353. The first-order chi connectivity index (χ1) is 8.65. The molecule has 0 bridgehead atoms. The zero-order valence-electron chi connectivity index (χ0n) is 10.0. The van der Waals surface area contributed by atoms with Crippen molar-refractivity contribution in [2.75, 3.05) is 13.2 Å². The van der Waals surface area contributed by atoms with E-state index in [9.17, 15) is 15.3 Å². The Hall–Kier alpha value is -2.02. The third-order valence-electron chi connectivity index (χ3n) is 2.73. The lowest BCUT2D eigenvalue weighted by Gasteiger charge is -2.14. The largest absolute Gasteiger partial charge is 0.296 e. The van der Waals surface area contributed by atoms with Crippen molar-refractivity contribution >= 4 is 11.4 Å². The van der Waals surface area contributed by atoms with Crippen LogP contribution in [0.5, 0.6) is 0 Å². The van der Waals surface area contributed by atoms with Gasteiger partial charge in [-0.25, -0.2) is 5.06 Å². The van der Waals surface area contributed by atoms with Crippen molar-refractivity contribution in [2.45, 2.75) is 19.8 Å². The zero-order chi connectivity index (χ0) is 13.1. The maximum absolute atomic E-state index is 11.0. The third-order valence-corrected chi connectivity index (χ3v) is 2.73. The molecule has 0 spiro atoms. The van der Waals surface area contributed by atoms with Crippen molar-refractivity contribution in [3.63, 3.8) is 0 Å². The van der Waals surface area contributed by atoms with Crippen LogP contribution in [0.4, 0.5) is 0 Å². The van der Waals surface area contributed by atoms with Crippen LogP contribution >= 0.6 is 0 Å². The summed E-state index contributed by atoms with van der Waals surface area (Å²) in [5.74, 6) is 0. The first kappa shape index (κ1) is 12.4. The molecule has 0 amide bonds. The number of unbranched alkanes of at least 4 members (excludes halogenated alkanes) is 1. The Bertz CT molecular complexity index is 491. The van der Waals surface area contributed by atoms with E-state index in [2.05, 4.69) is 9.98 Å². The van der Waals surface area contributed by atoms with E-state index in [0.29, 0.717) is 18.0 Å². The molecule has 7 nitrogen and oxygen atoms in total. The Labute approximate surface area is 104 Å². The Morgan fingerprint density at radius 1 is 1.61 bits per heavy atom. The summed E-state index contributed by atoms with van der Waals surface area (Å²) in [5, 5.41) is 21.5. The van der Waals surface area contributed by atoms with Crippen LogP contribution in [-0.4, -0.2) is 39.8 Å². The minimum absolute atomic E-state index is 0.0658. The summed E-state index contributed by atoms with van der Waals surface area (Å²) >= 11 is 0. The number of hydrogen-bond donors (Lipinski definition) is 1. The van der Waals surface area contributed by atoms with Crippen molar-refractivity contribution in [2.24, 2.45) is 9.98 Å². The minimum Gasteiger partial charge on any atom is -0.287 e. The summed E-state index contributed by atoms with van der Waals surface area (Å²) in [6, 6.07) is 0. The highest BCUT2D eigenvalue weighted by atomic mass is 16.6. The van der Waals surface area contributed by atoms with E-state index >= 15 is 0 Å². The lowest BCUT2D eigenvalue weighted by molar-refractivity contribution is -0.414. The summed E-state index contributed by atoms with van der Waals surface area (Å²) in [4.78, 5) is 18.8. The number of allylic oxidation sites excluding steroid dienone is 4. The Kier molecular flexibility index (Phi) is 3.52. The summed E-state index contributed by atoms with van der Waals surface area (Å²) in [5.41, 5.74) is 1.07. The number of fused-ring (bicyclic) bond motifs is 1. The van der Waals surface area contributed by atoms with Gasteiger partial charge in [0.05, 0.1) is 10.6 Å². The van der Waals surface area contributed by atoms with Crippen molar-refractivity contribution in [3.8, 4) is 0 Å². The van der Waals surface area contributed by atoms with E-state index in [1.54, 1.807) is 0 Å². The molecule has 2 rings (SSSR count). The SMILES string of the molecule is CCCCN=C1C([N+](=O)[O-])=CC=C2C1=NCN2O. The van der Waals surface area contributed by atoms with Crippen molar-refractivity contribution in [1.29, 1.82) is 0 Å². The normalized spacial score (nSPS) is 20.4. The first-order valence-electron chi connectivity index (χ1n) is 5.78. The number of nitrogens with zero attached hydrogens (tertiary/aromatic N) is 4. The molecule has 18 heavy (non-hydrogen) atoms. The smallest absolute Gasteiger partial charge is 0.287 e. The van der Waals surface area contributed by atoms with Crippen molar-refractivity contribution < 1.29 is 10.1 Å². The molecule has 0 saturated carbocycles. The van der Waals surface area contributed by atoms with Crippen LogP contribution in [0.2, 0.25) is 0 Å². The van der Waals surface area contributed by atoms with Gasteiger partial charge >= 0.3 is 0 Å². The van der Waals surface area contributed by atoms with E-state index < -0.39 is 4.92 Å². The van der Waals surface area contributed by atoms with Gasteiger partial charge < -0.3 is 0 Å². The second-order valence-electron chi connectivity index (χ2n) is 3.99. The Morgan fingerprint density at radius 3 is 3.06 bits per heavy atom. The molecule has 7 heteroatoms. The van der Waals surface area contributed by atoms with Crippen molar-refractivity contribution in [1.82, 2.24) is 5.06 Å². The minimum atomic E-state index is -0.472. The van der Waals surface area contributed by atoms with Crippen LogP contribution in [0.1, 0.15) is 19.8 Å². The fourth-order valence-corrected chi connectivity index (χ4v) is 1.79. The molecule has 0 aromatic heterocycles. The molecule has 0 unspecified atom stereocenters. The van der Waals surface area contributed by atoms with E-state index in [-0.39, 0.29) is 18.1 Å². The van der Waals surface area contributed by atoms with E-state index in [1.807, 2.05) is 6.92 Å². The predicted molar refractivity (Wildman–Crippen MR) is 66.3 cm³/mol. The highest BCUT2D eigenvalue weighted by Crippen LogP contribution is 2.21. The molecular formula is C11H14N4O3. The molecule has 0 aromatic carbocycles. The summed E-state index contributed by atoms with van der Waals surface area (Å²) in [6.45, 7) is 2.64. The number of nitro groups is 1. The molecule has 0 fully saturated rings. The number of hydroxylamine groups is 2. The summed E-state index contributed by atoms with van der Waals surface area (Å²) < 4.78 is 0. The molecule has 1 N–H and O–H groups in total. The van der Waals surface area contributed by atoms with Crippen LogP contribution in [0, 0.1) is 10.1 Å². The maximum atomic E-state index is 11.0. The van der Waals surface area contributed by atoms with Gasteiger partial charge in [-0.2, -0.15) is 0 Å². The summed E-state index contributed by atoms with van der Waals surface area (Å²) in [7, 11) is 0. The van der Waals surface area contributed by atoms with Gasteiger partial charge in [-0.15, -0.1) is 0 Å². The molecule has 0 atom stereocenters. The van der Waals surface area contributed by atoms with Gasteiger partial charge in [0, 0.05) is 12.6 Å². The zero-order valence-corrected chi connectivity index (χ0v) is 10.0. The van der Waals surface area contributed by atoms with Crippen molar-refractivity contribution in [3.05, 3.63) is 33.7 Å². The molecule has 2 aliphatic rings. The molecule has 1 heterocycles. The molecule has 0 saturated heterocycles. The van der Waals surface area contributed by atoms with Crippen LogP contribution in [0.3, 0.4) is 0 Å². The van der Waals surface area contributed by atoms with Gasteiger partial charge in [0.25, 0.3) is 5.70 Å². The lowest BCUT2D eigenvalue weighted by atomic mass is 10.0. The molecule has 96 valence electrons. The molecule has 1 aliphatic heterocycles. The van der Waals surface area contributed by atoms with Gasteiger partial charge in [-0.05, 0) is 12.5 Å². The number of rotatable bonds is 4. The Morgan fingerprint density at radius 2 is 2.39 bits per heavy atom. The first-order valence-corrected chi connectivity index (χ1v) is 5.78. The van der Waals surface area contributed by atoms with Gasteiger partial charge in [0.1, 0.15) is 12.4 Å². The van der Waals surface area contributed by atoms with Crippen LogP contribution < -0.4 is 0 Å². The maximum Gasteiger partial charge on any atom is 0.296 e. The fraction of sp³-hybridized carbons (Fsp3) is 0.455.